The van der Waals surface area contributed by atoms with Crippen LogP contribution in [0, 0.1) is 13.8 Å². The first-order chi connectivity index (χ1) is 9.97. The molecular weight excluding hydrogens is 288 g/mol. The summed E-state index contributed by atoms with van der Waals surface area (Å²) in [6, 6.07) is 7.55. The molecule has 6 nitrogen and oxygen atoms in total. The van der Waals surface area contributed by atoms with Crippen molar-refractivity contribution in [3.63, 3.8) is 0 Å². The third-order valence-electron chi connectivity index (χ3n) is 2.90. The molecule has 0 aliphatic heterocycles. The van der Waals surface area contributed by atoms with E-state index >= 15 is 0 Å². The molecule has 1 amide bonds. The molecule has 0 saturated carbocycles. The second-order valence-corrected chi connectivity index (χ2v) is 5.94. The molecule has 0 spiro atoms. The number of benzene rings is 1. The Labute approximate surface area is 126 Å². The number of nitrogens with zero attached hydrogens (tertiary/aromatic N) is 2. The maximum absolute atomic E-state index is 12.1. The quantitative estimate of drug-likeness (QED) is 0.842. The number of H-pyrrole nitrogens is 1. The van der Waals surface area contributed by atoms with Crippen LogP contribution in [0.5, 0.6) is 0 Å². The molecule has 0 unspecified atom stereocenters. The van der Waals surface area contributed by atoms with Crippen LogP contribution in [0.25, 0.3) is 0 Å². The number of carbonyl (C=O) groups is 1. The van der Waals surface area contributed by atoms with Gasteiger partial charge in [-0.1, -0.05) is 30.0 Å². The van der Waals surface area contributed by atoms with E-state index < -0.39 is 5.25 Å². The van der Waals surface area contributed by atoms with E-state index in [1.54, 1.807) is 13.8 Å². The first kappa shape index (κ1) is 15.2. The molecule has 21 heavy (non-hydrogen) atoms. The van der Waals surface area contributed by atoms with Gasteiger partial charge >= 0.3 is 0 Å². The molecule has 0 fully saturated rings. The minimum Gasteiger partial charge on any atom is -0.325 e. The summed E-state index contributed by atoms with van der Waals surface area (Å²) in [4.78, 5) is 26.2. The van der Waals surface area contributed by atoms with E-state index in [-0.39, 0.29) is 11.5 Å². The van der Waals surface area contributed by atoms with Gasteiger partial charge in [0.2, 0.25) is 5.91 Å². The lowest BCUT2D eigenvalue weighted by atomic mass is 10.2. The SMILES string of the molecule is Cc1ccccc1NC(=O)[C@H](C)Sc1nnc(C)c(=O)[nH]1. The van der Waals surface area contributed by atoms with Crippen LogP contribution >= 0.6 is 11.8 Å². The molecule has 7 heteroatoms. The second kappa shape index (κ2) is 6.53. The molecule has 0 aliphatic carbocycles. The van der Waals surface area contributed by atoms with Crippen molar-refractivity contribution in [2.45, 2.75) is 31.2 Å². The van der Waals surface area contributed by atoms with E-state index in [0.29, 0.717) is 10.9 Å². The van der Waals surface area contributed by atoms with Crippen molar-refractivity contribution in [2.24, 2.45) is 0 Å². The maximum Gasteiger partial charge on any atom is 0.273 e. The number of aromatic nitrogens is 3. The highest BCUT2D eigenvalue weighted by atomic mass is 32.2. The van der Waals surface area contributed by atoms with Gasteiger partial charge in [-0.25, -0.2) is 0 Å². The van der Waals surface area contributed by atoms with Crippen molar-refractivity contribution in [2.75, 3.05) is 5.32 Å². The second-order valence-electron chi connectivity index (χ2n) is 4.61. The van der Waals surface area contributed by atoms with Gasteiger partial charge in [-0.3, -0.25) is 14.6 Å². The number of anilines is 1. The fraction of sp³-hybridized carbons (Fsp3) is 0.286. The zero-order valence-corrected chi connectivity index (χ0v) is 12.8. The third-order valence-corrected chi connectivity index (χ3v) is 3.88. The molecule has 0 aliphatic rings. The predicted octanol–water partition coefficient (Wildman–Crippen LogP) is 1.90. The highest BCUT2D eigenvalue weighted by molar-refractivity contribution is 8.00. The van der Waals surface area contributed by atoms with Crippen molar-refractivity contribution in [1.29, 1.82) is 0 Å². The van der Waals surface area contributed by atoms with E-state index in [1.165, 1.54) is 0 Å². The summed E-state index contributed by atoms with van der Waals surface area (Å²) in [6.07, 6.45) is 0. The Balaban J connectivity index is 2.04. The number of thioether (sulfide) groups is 1. The average molecular weight is 304 g/mol. The number of aryl methyl sites for hydroxylation is 2. The van der Waals surface area contributed by atoms with Crippen LogP contribution in [-0.4, -0.2) is 26.3 Å². The maximum atomic E-state index is 12.1. The van der Waals surface area contributed by atoms with Crippen LogP contribution in [0.15, 0.2) is 34.2 Å². The van der Waals surface area contributed by atoms with Gasteiger partial charge in [-0.2, -0.15) is 0 Å². The zero-order chi connectivity index (χ0) is 15.4. The van der Waals surface area contributed by atoms with Gasteiger partial charge in [0.1, 0.15) is 5.69 Å². The van der Waals surface area contributed by atoms with Crippen LogP contribution in [0.3, 0.4) is 0 Å². The van der Waals surface area contributed by atoms with Gasteiger partial charge in [0, 0.05) is 5.69 Å². The Bertz CT molecular complexity index is 714. The summed E-state index contributed by atoms with van der Waals surface area (Å²) in [5, 5.41) is 10.4. The van der Waals surface area contributed by atoms with Crippen molar-refractivity contribution < 1.29 is 4.79 Å². The molecule has 2 aromatic rings. The first-order valence-electron chi connectivity index (χ1n) is 6.44. The van der Waals surface area contributed by atoms with E-state index in [2.05, 4.69) is 20.5 Å². The first-order valence-corrected chi connectivity index (χ1v) is 7.32. The Morgan fingerprint density at radius 3 is 2.67 bits per heavy atom. The van der Waals surface area contributed by atoms with E-state index in [0.717, 1.165) is 23.0 Å². The summed E-state index contributed by atoms with van der Waals surface area (Å²) in [6.45, 7) is 5.25. The minimum atomic E-state index is -0.405. The lowest BCUT2D eigenvalue weighted by molar-refractivity contribution is -0.115. The molecule has 110 valence electrons. The fourth-order valence-electron chi connectivity index (χ4n) is 1.60. The standard InChI is InChI=1S/C14H16N4O2S/c1-8-6-4-5-7-11(8)15-13(20)10(3)21-14-16-12(19)9(2)17-18-14/h4-7,10H,1-3H3,(H,15,20)(H,16,18,19)/t10-/m0/s1. The summed E-state index contributed by atoms with van der Waals surface area (Å²) in [7, 11) is 0. The smallest absolute Gasteiger partial charge is 0.273 e. The molecule has 1 heterocycles. The largest absolute Gasteiger partial charge is 0.325 e. The van der Waals surface area contributed by atoms with Crippen molar-refractivity contribution in [1.82, 2.24) is 15.2 Å². The summed E-state index contributed by atoms with van der Waals surface area (Å²) >= 11 is 1.16. The van der Waals surface area contributed by atoms with E-state index in [9.17, 15) is 9.59 Å². The summed E-state index contributed by atoms with van der Waals surface area (Å²) in [5.41, 5.74) is 1.78. The van der Waals surface area contributed by atoms with Crippen molar-refractivity contribution in [3.05, 3.63) is 45.9 Å². The van der Waals surface area contributed by atoms with Crippen LogP contribution in [0.2, 0.25) is 0 Å². The van der Waals surface area contributed by atoms with Gasteiger partial charge in [0.15, 0.2) is 5.16 Å². The molecule has 1 atom stereocenters. The summed E-state index contributed by atoms with van der Waals surface area (Å²) < 4.78 is 0. The number of amides is 1. The van der Waals surface area contributed by atoms with Crippen LogP contribution in [0.4, 0.5) is 5.69 Å². The van der Waals surface area contributed by atoms with Crippen molar-refractivity contribution in [3.8, 4) is 0 Å². The summed E-state index contributed by atoms with van der Waals surface area (Å²) in [5.74, 6) is -0.155. The molecule has 2 rings (SSSR count). The fourth-order valence-corrected chi connectivity index (χ4v) is 2.34. The molecular formula is C14H16N4O2S. The normalized spacial score (nSPS) is 12.0. The number of nitrogens with one attached hydrogen (secondary N) is 2. The van der Waals surface area contributed by atoms with E-state index in [1.807, 2.05) is 31.2 Å². The monoisotopic (exact) mass is 304 g/mol. The van der Waals surface area contributed by atoms with Gasteiger partial charge in [-0.15, -0.1) is 10.2 Å². The Morgan fingerprint density at radius 2 is 2.00 bits per heavy atom. The van der Waals surface area contributed by atoms with Gasteiger partial charge in [0.25, 0.3) is 5.56 Å². The van der Waals surface area contributed by atoms with Gasteiger partial charge < -0.3 is 5.32 Å². The Kier molecular flexibility index (Phi) is 4.74. The Morgan fingerprint density at radius 1 is 1.29 bits per heavy atom. The lowest BCUT2D eigenvalue weighted by Crippen LogP contribution is -2.24. The highest BCUT2D eigenvalue weighted by Gasteiger charge is 2.17. The number of hydrogen-bond acceptors (Lipinski definition) is 5. The van der Waals surface area contributed by atoms with Crippen LogP contribution in [0.1, 0.15) is 18.2 Å². The third kappa shape index (κ3) is 3.91. The number of para-hydroxylation sites is 1. The van der Waals surface area contributed by atoms with E-state index in [4.69, 9.17) is 0 Å². The molecule has 0 saturated heterocycles. The molecule has 0 radical (unpaired) electrons. The molecule has 0 bridgehead atoms. The lowest BCUT2D eigenvalue weighted by Gasteiger charge is -2.12. The predicted molar refractivity (Wildman–Crippen MR) is 82.5 cm³/mol. The number of carbonyl (C=O) groups excluding carboxylic acids is 1. The molecule has 2 N–H and O–H groups in total. The Hall–Kier alpha value is -2.15. The molecule has 1 aromatic heterocycles. The zero-order valence-electron chi connectivity index (χ0n) is 12.0. The van der Waals surface area contributed by atoms with Crippen molar-refractivity contribution >= 4 is 23.4 Å². The number of aromatic amines is 1. The topological polar surface area (TPSA) is 87.7 Å². The molecule has 1 aromatic carbocycles. The highest BCUT2D eigenvalue weighted by Crippen LogP contribution is 2.20. The van der Waals surface area contributed by atoms with Gasteiger partial charge in [-0.05, 0) is 32.4 Å². The number of rotatable bonds is 4. The van der Waals surface area contributed by atoms with Crippen LogP contribution < -0.4 is 10.9 Å². The average Bonchev–Trinajstić information content (AvgIpc) is 2.45. The van der Waals surface area contributed by atoms with Gasteiger partial charge in [0.05, 0.1) is 5.25 Å². The van der Waals surface area contributed by atoms with Crippen LogP contribution in [-0.2, 0) is 4.79 Å². The number of hydrogen-bond donors (Lipinski definition) is 2. The minimum absolute atomic E-state index is 0.155.